The molecule has 0 bridgehead atoms. The summed E-state index contributed by atoms with van der Waals surface area (Å²) in [5.74, 6) is -3.92. The third kappa shape index (κ3) is 8.91. The third-order valence-electron chi connectivity index (χ3n) is 7.68. The molecule has 0 aliphatic rings. The number of carboxylic acid groups (broad SMARTS) is 1. The quantitative estimate of drug-likeness (QED) is 0.134. The van der Waals surface area contributed by atoms with E-state index in [1.165, 1.54) is 13.8 Å². The summed E-state index contributed by atoms with van der Waals surface area (Å²) in [7, 11) is 0. The van der Waals surface area contributed by atoms with Crippen LogP contribution in [0.3, 0.4) is 0 Å². The maximum absolute atomic E-state index is 14.1. The second-order valence-electron chi connectivity index (χ2n) is 11.2. The summed E-state index contributed by atoms with van der Waals surface area (Å²) in [6.45, 7) is 2.55. The lowest BCUT2D eigenvalue weighted by molar-refractivity contribution is -0.142. The molecule has 4 amide bonds. The van der Waals surface area contributed by atoms with Gasteiger partial charge in [0, 0.05) is 13.3 Å². The van der Waals surface area contributed by atoms with Crippen molar-refractivity contribution in [3.8, 4) is 0 Å². The van der Waals surface area contributed by atoms with E-state index in [2.05, 4.69) is 21.3 Å². The molecular weight excluding hydrogens is 596 g/mol. The van der Waals surface area contributed by atoms with Crippen LogP contribution < -0.4 is 21.3 Å². The largest absolute Gasteiger partial charge is 0.480 e. The summed E-state index contributed by atoms with van der Waals surface area (Å²) >= 11 is 0. The number of hydrogen-bond acceptors (Lipinski definition) is 5. The van der Waals surface area contributed by atoms with Crippen molar-refractivity contribution >= 4 is 29.6 Å². The van der Waals surface area contributed by atoms with Gasteiger partial charge in [0.2, 0.25) is 23.6 Å². The van der Waals surface area contributed by atoms with Gasteiger partial charge in [-0.05, 0) is 29.2 Å². The molecule has 10 heteroatoms. The SMILES string of the molecule is CC(=O)N[C@H](Cc1ccccc1)C(=O)N[C@@H](CC(=O)NC(c1ccccc1)(c1ccccc1)c1ccccc1)C(=O)N[C@@H](C)C(=O)O. The number of carbonyl (C=O) groups is 5. The Kier molecular flexibility index (Phi) is 11.6. The van der Waals surface area contributed by atoms with Gasteiger partial charge in [-0.25, -0.2) is 0 Å². The zero-order valence-corrected chi connectivity index (χ0v) is 26.2. The van der Waals surface area contributed by atoms with Gasteiger partial charge in [0.1, 0.15) is 23.7 Å². The number of carboxylic acids is 1. The fraction of sp³-hybridized carbons (Fsp3) is 0.216. The van der Waals surface area contributed by atoms with Crippen LogP contribution in [0.1, 0.15) is 42.5 Å². The Bertz CT molecular complexity index is 1570. The number of hydrogen-bond donors (Lipinski definition) is 5. The Labute approximate surface area is 273 Å². The number of amides is 4. The van der Waals surface area contributed by atoms with E-state index < -0.39 is 59.7 Å². The highest BCUT2D eigenvalue weighted by Gasteiger charge is 2.39. The normalized spacial score (nSPS) is 12.9. The second-order valence-corrected chi connectivity index (χ2v) is 11.2. The van der Waals surface area contributed by atoms with E-state index >= 15 is 0 Å². The van der Waals surface area contributed by atoms with Crippen LogP contribution in [0.2, 0.25) is 0 Å². The number of nitrogens with one attached hydrogen (secondary N) is 4. The van der Waals surface area contributed by atoms with E-state index in [9.17, 15) is 29.1 Å². The standard InChI is InChI=1S/C37H38N4O6/c1-25(36(46)47)38-34(44)32(40-35(45)31(39-26(2)42)23-27-15-7-3-8-16-27)24-33(43)41-37(28-17-9-4-10-18-28,29-19-11-5-12-20-29)30-21-13-6-14-22-30/h3-22,25,31-32H,23-24H2,1-2H3,(H,38,44)(H,39,42)(H,40,45)(H,41,43)(H,46,47)/t25-,31+,32-/m0/s1. The average molecular weight is 635 g/mol. The van der Waals surface area contributed by atoms with Gasteiger partial charge < -0.3 is 26.4 Å². The maximum atomic E-state index is 14.1. The summed E-state index contributed by atoms with van der Waals surface area (Å²) in [5, 5.41) is 20.2. The number of aliphatic carboxylic acids is 1. The predicted octanol–water partition coefficient (Wildman–Crippen LogP) is 3.31. The summed E-state index contributed by atoms with van der Waals surface area (Å²) in [6.07, 6.45) is -0.409. The topological polar surface area (TPSA) is 154 Å². The summed E-state index contributed by atoms with van der Waals surface area (Å²) in [5.41, 5.74) is 1.83. The minimum absolute atomic E-state index is 0.122. The molecule has 3 atom stereocenters. The van der Waals surface area contributed by atoms with Gasteiger partial charge in [0.05, 0.1) is 6.42 Å². The molecule has 0 aliphatic carbocycles. The minimum atomic E-state index is -1.48. The van der Waals surface area contributed by atoms with Gasteiger partial charge in [-0.1, -0.05) is 121 Å². The Morgan fingerprint density at radius 2 is 1.04 bits per heavy atom. The molecule has 0 saturated carbocycles. The van der Waals surface area contributed by atoms with Crippen LogP contribution in [0.15, 0.2) is 121 Å². The monoisotopic (exact) mass is 634 g/mol. The molecule has 0 unspecified atom stereocenters. The van der Waals surface area contributed by atoms with E-state index in [4.69, 9.17) is 0 Å². The molecule has 0 radical (unpaired) electrons. The summed E-state index contributed by atoms with van der Waals surface area (Å²) < 4.78 is 0. The van der Waals surface area contributed by atoms with Crippen LogP contribution in [-0.4, -0.2) is 52.8 Å². The molecule has 0 saturated heterocycles. The van der Waals surface area contributed by atoms with Crippen molar-refractivity contribution in [1.82, 2.24) is 21.3 Å². The van der Waals surface area contributed by atoms with Gasteiger partial charge in [-0.2, -0.15) is 0 Å². The molecule has 0 fully saturated rings. The fourth-order valence-corrected chi connectivity index (χ4v) is 5.39. The molecule has 4 aromatic carbocycles. The molecular formula is C37H38N4O6. The van der Waals surface area contributed by atoms with Crippen molar-refractivity contribution in [2.24, 2.45) is 0 Å². The van der Waals surface area contributed by atoms with E-state index in [0.717, 1.165) is 22.3 Å². The predicted molar refractivity (Wildman–Crippen MR) is 177 cm³/mol. The molecule has 0 heterocycles. The van der Waals surface area contributed by atoms with Crippen LogP contribution in [0.4, 0.5) is 0 Å². The first-order chi connectivity index (χ1) is 22.6. The van der Waals surface area contributed by atoms with Crippen molar-refractivity contribution in [1.29, 1.82) is 0 Å². The van der Waals surface area contributed by atoms with Crippen molar-refractivity contribution in [3.05, 3.63) is 144 Å². The fourth-order valence-electron chi connectivity index (χ4n) is 5.39. The van der Waals surface area contributed by atoms with Gasteiger partial charge in [0.25, 0.3) is 0 Å². The van der Waals surface area contributed by atoms with E-state index in [0.29, 0.717) is 0 Å². The lowest BCUT2D eigenvalue weighted by atomic mass is 9.77. The molecule has 4 rings (SSSR count). The lowest BCUT2D eigenvalue weighted by Gasteiger charge is -2.37. The molecule has 0 aliphatic heterocycles. The van der Waals surface area contributed by atoms with Crippen LogP contribution in [-0.2, 0) is 35.9 Å². The average Bonchev–Trinajstić information content (AvgIpc) is 3.08. The Morgan fingerprint density at radius 3 is 1.47 bits per heavy atom. The molecule has 5 N–H and O–H groups in total. The Hall–Kier alpha value is -5.77. The highest BCUT2D eigenvalue weighted by atomic mass is 16.4. The van der Waals surface area contributed by atoms with Gasteiger partial charge in [-0.3, -0.25) is 24.0 Å². The number of benzene rings is 4. The van der Waals surface area contributed by atoms with Crippen molar-refractivity contribution in [3.63, 3.8) is 0 Å². The zero-order valence-electron chi connectivity index (χ0n) is 26.2. The van der Waals surface area contributed by atoms with Crippen molar-refractivity contribution in [2.45, 2.75) is 50.4 Å². The van der Waals surface area contributed by atoms with E-state index in [1.807, 2.05) is 97.1 Å². The van der Waals surface area contributed by atoms with Crippen molar-refractivity contribution < 1.29 is 29.1 Å². The number of carbonyl (C=O) groups excluding carboxylic acids is 4. The Morgan fingerprint density at radius 1 is 0.617 bits per heavy atom. The summed E-state index contributed by atoms with van der Waals surface area (Å²) in [6, 6.07) is 33.3. The lowest BCUT2D eigenvalue weighted by Crippen LogP contribution is -2.57. The van der Waals surface area contributed by atoms with Gasteiger partial charge in [-0.15, -0.1) is 0 Å². The van der Waals surface area contributed by atoms with Gasteiger partial charge in [0.15, 0.2) is 0 Å². The first-order valence-corrected chi connectivity index (χ1v) is 15.2. The molecule has 0 aromatic heterocycles. The maximum Gasteiger partial charge on any atom is 0.325 e. The minimum Gasteiger partial charge on any atom is -0.480 e. The molecule has 242 valence electrons. The van der Waals surface area contributed by atoms with Crippen LogP contribution >= 0.6 is 0 Å². The smallest absolute Gasteiger partial charge is 0.325 e. The molecule has 47 heavy (non-hydrogen) atoms. The third-order valence-corrected chi connectivity index (χ3v) is 7.68. The second kappa shape index (κ2) is 16.0. The molecule has 0 spiro atoms. The molecule has 4 aromatic rings. The zero-order chi connectivity index (χ0) is 33.8. The van der Waals surface area contributed by atoms with Crippen LogP contribution in [0.5, 0.6) is 0 Å². The Balaban J connectivity index is 1.70. The first kappa shape index (κ1) is 34.1. The highest BCUT2D eigenvalue weighted by Crippen LogP contribution is 2.36. The highest BCUT2D eigenvalue weighted by molar-refractivity contribution is 5.96. The van der Waals surface area contributed by atoms with Gasteiger partial charge >= 0.3 is 5.97 Å². The van der Waals surface area contributed by atoms with Crippen LogP contribution in [0.25, 0.3) is 0 Å². The number of rotatable bonds is 14. The van der Waals surface area contributed by atoms with Crippen molar-refractivity contribution in [2.75, 3.05) is 0 Å². The summed E-state index contributed by atoms with van der Waals surface area (Å²) in [4.78, 5) is 64.7. The van der Waals surface area contributed by atoms with E-state index in [1.54, 1.807) is 24.3 Å². The van der Waals surface area contributed by atoms with Crippen LogP contribution in [0, 0.1) is 0 Å². The van der Waals surface area contributed by atoms with E-state index in [-0.39, 0.29) is 6.42 Å². The molecule has 10 nitrogen and oxygen atoms in total. The first-order valence-electron chi connectivity index (χ1n) is 15.2.